The number of hydrogen-bond donors (Lipinski definition) is 1. The summed E-state index contributed by atoms with van der Waals surface area (Å²) < 4.78 is 27.9. The summed E-state index contributed by atoms with van der Waals surface area (Å²) in [7, 11) is -3.98. The Hall–Kier alpha value is -2.09. The van der Waals surface area contributed by atoms with Crippen molar-refractivity contribution in [3.8, 4) is 0 Å². The molecular formula is C24H23Cl3N2O3S. The molecule has 0 aliphatic carbocycles. The zero-order valence-corrected chi connectivity index (χ0v) is 21.1. The van der Waals surface area contributed by atoms with E-state index < -0.39 is 15.9 Å². The highest BCUT2D eigenvalue weighted by Crippen LogP contribution is 2.25. The van der Waals surface area contributed by atoms with Crippen molar-refractivity contribution >= 4 is 50.7 Å². The predicted molar refractivity (Wildman–Crippen MR) is 133 cm³/mol. The Morgan fingerprint density at radius 1 is 0.939 bits per heavy atom. The van der Waals surface area contributed by atoms with Crippen molar-refractivity contribution in [2.45, 2.75) is 31.3 Å². The molecule has 1 atom stereocenters. The fraction of sp³-hybridized carbons (Fsp3) is 0.208. The highest BCUT2D eigenvalue weighted by molar-refractivity contribution is 7.89. The molecule has 5 nitrogen and oxygen atoms in total. The van der Waals surface area contributed by atoms with Crippen LogP contribution >= 0.6 is 34.8 Å². The first-order chi connectivity index (χ1) is 15.6. The standard InChI is InChI=1S/C24H23Cl3N2O3S/c1-16-3-11-22(12-4-16)33(31,32)29(14-19-7-10-21(26)13-23(19)27)15-24(30)28-17(2)18-5-8-20(25)9-6-18/h3-13,17H,14-15H2,1-2H3,(H,28,30)/t17-/m0/s1. The molecule has 0 heterocycles. The lowest BCUT2D eigenvalue weighted by molar-refractivity contribution is -0.122. The van der Waals surface area contributed by atoms with Gasteiger partial charge in [-0.2, -0.15) is 4.31 Å². The topological polar surface area (TPSA) is 66.5 Å². The number of sulfonamides is 1. The number of carbonyl (C=O) groups is 1. The second kappa shape index (κ2) is 10.9. The van der Waals surface area contributed by atoms with Crippen molar-refractivity contribution in [3.05, 3.63) is 98.5 Å². The molecule has 3 aromatic rings. The quantitative estimate of drug-likeness (QED) is 0.391. The van der Waals surface area contributed by atoms with Gasteiger partial charge in [-0.25, -0.2) is 8.42 Å². The maximum atomic E-state index is 13.4. The monoisotopic (exact) mass is 524 g/mol. The molecule has 0 saturated heterocycles. The third kappa shape index (κ3) is 6.71. The van der Waals surface area contributed by atoms with Crippen LogP contribution in [0.15, 0.2) is 71.6 Å². The zero-order valence-electron chi connectivity index (χ0n) is 18.1. The lowest BCUT2D eigenvalue weighted by Crippen LogP contribution is -2.41. The number of carbonyl (C=O) groups excluding carboxylic acids is 1. The van der Waals surface area contributed by atoms with Crippen molar-refractivity contribution in [2.75, 3.05) is 6.54 Å². The maximum absolute atomic E-state index is 13.4. The number of aryl methyl sites for hydroxylation is 1. The van der Waals surface area contributed by atoms with Crippen LogP contribution in [0.3, 0.4) is 0 Å². The molecule has 0 spiro atoms. The smallest absolute Gasteiger partial charge is 0.243 e. The van der Waals surface area contributed by atoms with Crippen LogP contribution in [0.5, 0.6) is 0 Å². The Bertz CT molecular complexity index is 1230. The average Bonchev–Trinajstić information content (AvgIpc) is 2.75. The molecule has 0 radical (unpaired) electrons. The molecule has 0 aliphatic heterocycles. The molecule has 0 fully saturated rings. The third-order valence-electron chi connectivity index (χ3n) is 5.09. The van der Waals surface area contributed by atoms with Crippen LogP contribution in [0, 0.1) is 6.92 Å². The maximum Gasteiger partial charge on any atom is 0.243 e. The summed E-state index contributed by atoms with van der Waals surface area (Å²) in [6, 6.07) is 18.0. The SMILES string of the molecule is Cc1ccc(S(=O)(=O)N(CC(=O)N[C@@H](C)c2ccc(Cl)cc2)Cc2ccc(Cl)cc2Cl)cc1. The van der Waals surface area contributed by atoms with Gasteiger partial charge in [0.25, 0.3) is 0 Å². The first kappa shape index (κ1) is 25.5. The van der Waals surface area contributed by atoms with E-state index in [2.05, 4.69) is 5.32 Å². The Labute approximate surface area is 209 Å². The molecular weight excluding hydrogens is 503 g/mol. The van der Waals surface area contributed by atoms with E-state index in [-0.39, 0.29) is 24.0 Å². The minimum atomic E-state index is -3.98. The van der Waals surface area contributed by atoms with E-state index in [1.165, 1.54) is 18.2 Å². The Kier molecular flexibility index (Phi) is 8.43. The lowest BCUT2D eigenvalue weighted by Gasteiger charge is -2.24. The molecule has 0 unspecified atom stereocenters. The van der Waals surface area contributed by atoms with E-state index >= 15 is 0 Å². The molecule has 33 heavy (non-hydrogen) atoms. The summed E-state index contributed by atoms with van der Waals surface area (Å²) in [5.41, 5.74) is 2.31. The summed E-state index contributed by atoms with van der Waals surface area (Å²) in [6.45, 7) is 3.21. The Balaban J connectivity index is 1.86. The van der Waals surface area contributed by atoms with Crippen LogP contribution < -0.4 is 5.32 Å². The second-order valence-corrected chi connectivity index (χ2v) is 10.9. The molecule has 0 saturated carbocycles. The lowest BCUT2D eigenvalue weighted by atomic mass is 10.1. The van der Waals surface area contributed by atoms with Gasteiger partial charge >= 0.3 is 0 Å². The number of nitrogens with zero attached hydrogens (tertiary/aromatic N) is 1. The molecule has 3 aromatic carbocycles. The fourth-order valence-electron chi connectivity index (χ4n) is 3.21. The zero-order chi connectivity index (χ0) is 24.2. The average molecular weight is 526 g/mol. The van der Waals surface area contributed by atoms with E-state index in [4.69, 9.17) is 34.8 Å². The highest BCUT2D eigenvalue weighted by Gasteiger charge is 2.28. The van der Waals surface area contributed by atoms with Gasteiger partial charge in [-0.15, -0.1) is 0 Å². The molecule has 174 valence electrons. The summed E-state index contributed by atoms with van der Waals surface area (Å²) in [5.74, 6) is -0.446. The van der Waals surface area contributed by atoms with Crippen LogP contribution in [-0.2, 0) is 21.4 Å². The predicted octanol–water partition coefficient (Wildman–Crippen LogP) is 6.02. The van der Waals surface area contributed by atoms with Gasteiger partial charge in [0.15, 0.2) is 0 Å². The van der Waals surface area contributed by atoms with Crippen molar-refractivity contribution in [3.63, 3.8) is 0 Å². The Morgan fingerprint density at radius 2 is 1.55 bits per heavy atom. The van der Waals surface area contributed by atoms with Crippen molar-refractivity contribution in [1.82, 2.24) is 9.62 Å². The van der Waals surface area contributed by atoms with Gasteiger partial charge < -0.3 is 5.32 Å². The highest BCUT2D eigenvalue weighted by atomic mass is 35.5. The van der Waals surface area contributed by atoms with E-state index in [9.17, 15) is 13.2 Å². The van der Waals surface area contributed by atoms with E-state index in [1.54, 1.807) is 36.4 Å². The molecule has 0 aromatic heterocycles. The van der Waals surface area contributed by atoms with Crippen molar-refractivity contribution in [1.29, 1.82) is 0 Å². The van der Waals surface area contributed by atoms with Crippen LogP contribution in [0.1, 0.15) is 29.7 Å². The summed E-state index contributed by atoms with van der Waals surface area (Å²) in [4.78, 5) is 13.0. The normalized spacial score (nSPS) is 12.5. The van der Waals surface area contributed by atoms with Gasteiger partial charge in [-0.05, 0) is 61.4 Å². The van der Waals surface area contributed by atoms with E-state index in [0.29, 0.717) is 20.6 Å². The largest absolute Gasteiger partial charge is 0.348 e. The van der Waals surface area contributed by atoms with E-state index in [1.807, 2.05) is 26.0 Å². The summed E-state index contributed by atoms with van der Waals surface area (Å²) in [6.07, 6.45) is 0. The number of benzene rings is 3. The number of halogens is 3. The van der Waals surface area contributed by atoms with E-state index in [0.717, 1.165) is 15.4 Å². The number of nitrogens with one attached hydrogen (secondary N) is 1. The molecule has 0 bridgehead atoms. The molecule has 1 N–H and O–H groups in total. The van der Waals surface area contributed by atoms with Gasteiger partial charge in [-0.3, -0.25) is 4.79 Å². The van der Waals surface area contributed by atoms with Crippen LogP contribution in [-0.4, -0.2) is 25.2 Å². The minimum absolute atomic E-state index is 0.0883. The number of hydrogen-bond acceptors (Lipinski definition) is 3. The summed E-state index contributed by atoms with van der Waals surface area (Å²) >= 11 is 18.2. The van der Waals surface area contributed by atoms with Crippen molar-refractivity contribution in [2.24, 2.45) is 0 Å². The van der Waals surface area contributed by atoms with Gasteiger partial charge in [-0.1, -0.05) is 70.7 Å². The molecule has 3 rings (SSSR count). The van der Waals surface area contributed by atoms with Gasteiger partial charge in [0.05, 0.1) is 17.5 Å². The van der Waals surface area contributed by atoms with Crippen LogP contribution in [0.4, 0.5) is 0 Å². The first-order valence-electron chi connectivity index (χ1n) is 10.1. The van der Waals surface area contributed by atoms with Gasteiger partial charge in [0.2, 0.25) is 15.9 Å². The molecule has 1 amide bonds. The molecule has 9 heteroatoms. The van der Waals surface area contributed by atoms with Gasteiger partial charge in [0.1, 0.15) is 0 Å². The fourth-order valence-corrected chi connectivity index (χ4v) is 5.18. The Morgan fingerprint density at radius 3 is 2.15 bits per heavy atom. The van der Waals surface area contributed by atoms with Crippen LogP contribution in [0.2, 0.25) is 15.1 Å². The third-order valence-corrected chi connectivity index (χ3v) is 7.73. The summed E-state index contributed by atoms with van der Waals surface area (Å²) in [5, 5.41) is 4.19. The molecule has 0 aliphatic rings. The first-order valence-corrected chi connectivity index (χ1v) is 12.7. The second-order valence-electron chi connectivity index (χ2n) is 7.66. The van der Waals surface area contributed by atoms with Crippen molar-refractivity contribution < 1.29 is 13.2 Å². The number of amides is 1. The number of rotatable bonds is 8. The minimum Gasteiger partial charge on any atom is -0.348 e. The van der Waals surface area contributed by atoms with Gasteiger partial charge in [0, 0.05) is 21.6 Å². The van der Waals surface area contributed by atoms with Crippen LogP contribution in [0.25, 0.3) is 0 Å².